The molecule has 1 unspecified atom stereocenters. The molecule has 0 saturated carbocycles. The van der Waals surface area contributed by atoms with Crippen LogP contribution in [0.2, 0.25) is 0 Å². The Kier molecular flexibility index (Phi) is 3.27. The molecule has 1 aromatic rings. The maximum Gasteiger partial charge on any atom is 0.0359 e. The van der Waals surface area contributed by atoms with Crippen LogP contribution >= 0.6 is 0 Å². The minimum Gasteiger partial charge on any atom is -0.398 e. The van der Waals surface area contributed by atoms with Crippen LogP contribution in [0.4, 0.5) is 5.69 Å². The molecule has 98 valence electrons. The number of nitrogens with two attached hydrogens (primary N) is 1. The molecule has 0 aliphatic carbocycles. The van der Waals surface area contributed by atoms with Gasteiger partial charge in [0, 0.05) is 37.9 Å². The van der Waals surface area contributed by atoms with Crippen molar-refractivity contribution in [2.75, 3.05) is 31.9 Å². The molecule has 0 bridgehead atoms. The Balaban J connectivity index is 1.67. The molecule has 3 nitrogen and oxygen atoms in total. The molecule has 1 aromatic carbocycles. The molecule has 18 heavy (non-hydrogen) atoms. The van der Waals surface area contributed by atoms with Gasteiger partial charge < -0.3 is 5.73 Å². The predicted molar refractivity (Wildman–Crippen MR) is 75.5 cm³/mol. The number of hydrogen-bond acceptors (Lipinski definition) is 3. The lowest BCUT2D eigenvalue weighted by Crippen LogP contribution is -2.49. The summed E-state index contributed by atoms with van der Waals surface area (Å²) in [5.74, 6) is 0. The molecule has 0 aromatic heterocycles. The monoisotopic (exact) mass is 245 g/mol. The summed E-state index contributed by atoms with van der Waals surface area (Å²) in [4.78, 5) is 5.22. The van der Waals surface area contributed by atoms with Crippen LogP contribution in [0, 0.1) is 6.92 Å². The van der Waals surface area contributed by atoms with Gasteiger partial charge in [-0.3, -0.25) is 9.80 Å². The van der Waals surface area contributed by atoms with Crippen LogP contribution in [0.5, 0.6) is 0 Å². The van der Waals surface area contributed by atoms with Crippen LogP contribution in [-0.4, -0.2) is 42.0 Å². The van der Waals surface area contributed by atoms with E-state index in [1.165, 1.54) is 50.1 Å². The molecule has 2 aliphatic heterocycles. The first-order valence-electron chi connectivity index (χ1n) is 7.04. The molecular formula is C15H23N3. The Labute approximate surface area is 110 Å². The lowest BCUT2D eigenvalue weighted by atomic mass is 10.1. The first kappa shape index (κ1) is 12.0. The number of anilines is 1. The van der Waals surface area contributed by atoms with Gasteiger partial charge in [0.1, 0.15) is 0 Å². The Morgan fingerprint density at radius 2 is 2.17 bits per heavy atom. The summed E-state index contributed by atoms with van der Waals surface area (Å²) in [5.41, 5.74) is 9.61. The number of hydrogen-bond donors (Lipinski definition) is 1. The number of fused-ring (bicyclic) bond motifs is 1. The van der Waals surface area contributed by atoms with E-state index in [0.29, 0.717) is 0 Å². The topological polar surface area (TPSA) is 32.5 Å². The predicted octanol–water partition coefficient (Wildman–Crippen LogP) is 1.86. The number of rotatable bonds is 2. The van der Waals surface area contributed by atoms with Crippen LogP contribution in [0.25, 0.3) is 0 Å². The number of piperazine rings is 1. The van der Waals surface area contributed by atoms with Crippen molar-refractivity contribution in [2.24, 2.45) is 0 Å². The van der Waals surface area contributed by atoms with Crippen LogP contribution in [-0.2, 0) is 6.54 Å². The van der Waals surface area contributed by atoms with Crippen molar-refractivity contribution in [1.29, 1.82) is 0 Å². The zero-order chi connectivity index (χ0) is 12.5. The average Bonchev–Trinajstić information content (AvgIpc) is 2.81. The van der Waals surface area contributed by atoms with Crippen molar-refractivity contribution in [3.05, 3.63) is 29.3 Å². The van der Waals surface area contributed by atoms with Gasteiger partial charge in [0.25, 0.3) is 0 Å². The normalized spacial score (nSPS) is 25.3. The van der Waals surface area contributed by atoms with E-state index in [1.807, 2.05) is 6.07 Å². The highest BCUT2D eigenvalue weighted by Gasteiger charge is 2.30. The van der Waals surface area contributed by atoms with Gasteiger partial charge in [0.2, 0.25) is 0 Å². The van der Waals surface area contributed by atoms with Crippen LogP contribution in [0.15, 0.2) is 18.2 Å². The Hall–Kier alpha value is -1.06. The summed E-state index contributed by atoms with van der Waals surface area (Å²) < 4.78 is 0. The van der Waals surface area contributed by atoms with Crippen LogP contribution in [0.3, 0.4) is 0 Å². The van der Waals surface area contributed by atoms with Gasteiger partial charge in [0.15, 0.2) is 0 Å². The van der Waals surface area contributed by atoms with E-state index in [9.17, 15) is 0 Å². The van der Waals surface area contributed by atoms with E-state index in [4.69, 9.17) is 5.73 Å². The van der Waals surface area contributed by atoms with Crippen molar-refractivity contribution < 1.29 is 0 Å². The van der Waals surface area contributed by atoms with Gasteiger partial charge >= 0.3 is 0 Å². The lowest BCUT2D eigenvalue weighted by molar-refractivity contribution is 0.0995. The van der Waals surface area contributed by atoms with E-state index in [2.05, 4.69) is 28.9 Å². The van der Waals surface area contributed by atoms with Crippen molar-refractivity contribution in [1.82, 2.24) is 9.80 Å². The Bertz CT molecular complexity index is 430. The van der Waals surface area contributed by atoms with Gasteiger partial charge in [-0.2, -0.15) is 0 Å². The fourth-order valence-corrected chi connectivity index (χ4v) is 3.31. The highest BCUT2D eigenvalue weighted by molar-refractivity contribution is 5.48. The van der Waals surface area contributed by atoms with E-state index >= 15 is 0 Å². The van der Waals surface area contributed by atoms with Crippen molar-refractivity contribution in [2.45, 2.75) is 32.4 Å². The zero-order valence-corrected chi connectivity index (χ0v) is 11.2. The van der Waals surface area contributed by atoms with Gasteiger partial charge in [-0.1, -0.05) is 17.7 Å². The molecule has 2 heterocycles. The van der Waals surface area contributed by atoms with Gasteiger partial charge in [-0.25, -0.2) is 0 Å². The Morgan fingerprint density at radius 3 is 3.06 bits per heavy atom. The molecule has 2 fully saturated rings. The highest BCUT2D eigenvalue weighted by atomic mass is 15.3. The summed E-state index contributed by atoms with van der Waals surface area (Å²) in [6.07, 6.45) is 2.75. The number of nitrogen functional groups attached to an aromatic ring is 1. The van der Waals surface area contributed by atoms with Gasteiger partial charge in [-0.05, 0) is 37.9 Å². The third-order valence-electron chi connectivity index (χ3n) is 4.36. The highest BCUT2D eigenvalue weighted by Crippen LogP contribution is 2.24. The molecular weight excluding hydrogens is 222 g/mol. The summed E-state index contributed by atoms with van der Waals surface area (Å²) in [5, 5.41) is 0. The molecule has 3 heteroatoms. The summed E-state index contributed by atoms with van der Waals surface area (Å²) in [6, 6.07) is 7.16. The lowest BCUT2D eigenvalue weighted by Gasteiger charge is -2.37. The molecule has 0 amide bonds. The molecule has 0 radical (unpaired) electrons. The largest absolute Gasteiger partial charge is 0.398 e. The maximum atomic E-state index is 6.08. The summed E-state index contributed by atoms with van der Waals surface area (Å²) in [7, 11) is 0. The second-order valence-corrected chi connectivity index (χ2v) is 5.77. The van der Waals surface area contributed by atoms with Crippen molar-refractivity contribution in [3.63, 3.8) is 0 Å². The first-order chi connectivity index (χ1) is 8.72. The van der Waals surface area contributed by atoms with Gasteiger partial charge in [-0.15, -0.1) is 0 Å². The first-order valence-corrected chi connectivity index (χ1v) is 7.04. The minimum atomic E-state index is 0.796. The molecule has 2 aliphatic rings. The quantitative estimate of drug-likeness (QED) is 0.807. The molecule has 1 atom stereocenters. The van der Waals surface area contributed by atoms with Crippen LogP contribution in [0.1, 0.15) is 24.0 Å². The van der Waals surface area contributed by atoms with Gasteiger partial charge in [0.05, 0.1) is 0 Å². The maximum absolute atomic E-state index is 6.08. The van der Waals surface area contributed by atoms with E-state index < -0.39 is 0 Å². The SMILES string of the molecule is Cc1ccc(N)c(CN2CCN3CCCC3C2)c1. The zero-order valence-electron chi connectivity index (χ0n) is 11.2. The number of nitrogens with zero attached hydrogens (tertiary/aromatic N) is 2. The number of aryl methyl sites for hydroxylation is 1. The summed E-state index contributed by atoms with van der Waals surface area (Å²) in [6.45, 7) is 8.09. The fourth-order valence-electron chi connectivity index (χ4n) is 3.31. The van der Waals surface area contributed by atoms with E-state index in [-0.39, 0.29) is 0 Å². The fraction of sp³-hybridized carbons (Fsp3) is 0.600. The second-order valence-electron chi connectivity index (χ2n) is 5.77. The third-order valence-corrected chi connectivity index (χ3v) is 4.36. The average molecular weight is 245 g/mol. The molecule has 2 saturated heterocycles. The van der Waals surface area contributed by atoms with Crippen LogP contribution < -0.4 is 5.73 Å². The van der Waals surface area contributed by atoms with E-state index in [0.717, 1.165) is 18.3 Å². The van der Waals surface area contributed by atoms with Crippen molar-refractivity contribution >= 4 is 5.69 Å². The number of benzene rings is 1. The third kappa shape index (κ3) is 2.38. The molecule has 2 N–H and O–H groups in total. The Morgan fingerprint density at radius 1 is 1.28 bits per heavy atom. The van der Waals surface area contributed by atoms with Crippen molar-refractivity contribution in [3.8, 4) is 0 Å². The second kappa shape index (κ2) is 4.90. The minimum absolute atomic E-state index is 0.796. The smallest absolute Gasteiger partial charge is 0.0359 e. The molecule has 0 spiro atoms. The summed E-state index contributed by atoms with van der Waals surface area (Å²) >= 11 is 0. The van der Waals surface area contributed by atoms with E-state index in [1.54, 1.807) is 0 Å². The molecule has 3 rings (SSSR count). The standard InChI is InChI=1S/C15H23N3/c1-12-4-5-15(16)13(9-12)10-17-7-8-18-6-2-3-14(18)11-17/h4-5,9,14H,2-3,6-8,10-11,16H2,1H3.